The highest BCUT2D eigenvalue weighted by Gasteiger charge is 2.30. The molecule has 0 aliphatic carbocycles. The van der Waals surface area contributed by atoms with Crippen molar-refractivity contribution in [1.82, 2.24) is 0 Å². The third kappa shape index (κ3) is 3.69. The third-order valence-electron chi connectivity index (χ3n) is 4.51. The van der Waals surface area contributed by atoms with E-state index in [9.17, 15) is 14.0 Å². The largest absolute Gasteiger partial charge is 0.362 e. The molecule has 0 fully saturated rings. The van der Waals surface area contributed by atoms with Gasteiger partial charge in [0, 0.05) is 24.7 Å². The van der Waals surface area contributed by atoms with E-state index in [1.165, 1.54) is 12.1 Å². The summed E-state index contributed by atoms with van der Waals surface area (Å²) in [5, 5.41) is 2.85. The van der Waals surface area contributed by atoms with Gasteiger partial charge in [0.15, 0.2) is 0 Å². The Morgan fingerprint density at radius 1 is 1.27 bits per heavy atom. The average Bonchev–Trinajstić information content (AvgIpc) is 2.73. The average molecular weight is 355 g/mol. The molecule has 0 saturated heterocycles. The topological polar surface area (TPSA) is 52.7 Å². The predicted octanol–water partition coefficient (Wildman–Crippen LogP) is 3.42. The summed E-state index contributed by atoms with van der Waals surface area (Å²) in [5.41, 5.74) is 1.97. The molecular formula is C20H22FN3O2. The van der Waals surface area contributed by atoms with Gasteiger partial charge in [0.2, 0.25) is 11.8 Å². The molecule has 2 aromatic carbocycles. The fourth-order valence-corrected chi connectivity index (χ4v) is 3.27. The van der Waals surface area contributed by atoms with E-state index in [2.05, 4.69) is 5.32 Å². The number of carbonyl (C=O) groups excluding carboxylic acids is 2. The standard InChI is InChI=1S/C20H22FN3O2/c1-3-23(16-8-6-7-15(21)12-16)13-20(26)24-14(2)11-19(25)22-17-9-4-5-10-18(17)24/h4-10,12,14H,3,11,13H2,1-2H3,(H,22,25)/t14-/m0/s1. The molecule has 2 amide bonds. The normalized spacial score (nSPS) is 16.5. The van der Waals surface area contributed by atoms with E-state index >= 15 is 0 Å². The van der Waals surface area contributed by atoms with E-state index in [0.29, 0.717) is 23.6 Å². The minimum Gasteiger partial charge on any atom is -0.362 e. The molecule has 5 nitrogen and oxygen atoms in total. The number of benzene rings is 2. The highest BCUT2D eigenvalue weighted by molar-refractivity contribution is 6.05. The number of hydrogen-bond acceptors (Lipinski definition) is 3. The lowest BCUT2D eigenvalue weighted by atomic mass is 10.1. The van der Waals surface area contributed by atoms with E-state index in [1.54, 1.807) is 23.1 Å². The minimum atomic E-state index is -0.336. The maximum Gasteiger partial charge on any atom is 0.246 e. The fourth-order valence-electron chi connectivity index (χ4n) is 3.27. The molecule has 0 unspecified atom stereocenters. The van der Waals surface area contributed by atoms with Gasteiger partial charge in [-0.05, 0) is 44.2 Å². The number of anilines is 3. The molecule has 0 spiro atoms. The molecule has 136 valence electrons. The number of likely N-dealkylation sites (N-methyl/N-ethyl adjacent to an activating group) is 1. The molecule has 0 aromatic heterocycles. The number of para-hydroxylation sites is 2. The first kappa shape index (κ1) is 17.9. The minimum absolute atomic E-state index is 0.104. The smallest absolute Gasteiger partial charge is 0.246 e. The Morgan fingerprint density at radius 3 is 2.77 bits per heavy atom. The van der Waals surface area contributed by atoms with E-state index < -0.39 is 0 Å². The van der Waals surface area contributed by atoms with Crippen molar-refractivity contribution in [1.29, 1.82) is 0 Å². The third-order valence-corrected chi connectivity index (χ3v) is 4.51. The second kappa shape index (κ2) is 7.56. The summed E-state index contributed by atoms with van der Waals surface area (Å²) in [7, 11) is 0. The van der Waals surface area contributed by atoms with Crippen LogP contribution < -0.4 is 15.1 Å². The van der Waals surface area contributed by atoms with Crippen LogP contribution in [0.15, 0.2) is 48.5 Å². The molecule has 2 aromatic rings. The Hall–Kier alpha value is -2.89. The second-order valence-electron chi connectivity index (χ2n) is 6.38. The number of amides is 2. The molecule has 3 rings (SSSR count). The predicted molar refractivity (Wildman–Crippen MR) is 101 cm³/mol. The lowest BCUT2D eigenvalue weighted by molar-refractivity contribution is -0.118. The maximum absolute atomic E-state index is 13.5. The van der Waals surface area contributed by atoms with Gasteiger partial charge in [-0.3, -0.25) is 9.59 Å². The molecule has 1 aliphatic heterocycles. The first-order valence-corrected chi connectivity index (χ1v) is 8.71. The van der Waals surface area contributed by atoms with E-state index in [0.717, 1.165) is 0 Å². The Bertz CT molecular complexity index is 824. The number of carbonyl (C=O) groups is 2. The first-order valence-electron chi connectivity index (χ1n) is 8.71. The van der Waals surface area contributed by atoms with Crippen molar-refractivity contribution in [2.75, 3.05) is 28.2 Å². The van der Waals surface area contributed by atoms with Crippen molar-refractivity contribution >= 4 is 28.9 Å². The summed E-state index contributed by atoms with van der Waals surface area (Å²) in [4.78, 5) is 28.7. The molecule has 0 saturated carbocycles. The molecule has 1 heterocycles. The van der Waals surface area contributed by atoms with Crippen LogP contribution in [0.3, 0.4) is 0 Å². The van der Waals surface area contributed by atoms with E-state index in [-0.39, 0.29) is 36.6 Å². The summed E-state index contributed by atoms with van der Waals surface area (Å²) in [5.74, 6) is -0.582. The summed E-state index contributed by atoms with van der Waals surface area (Å²) >= 11 is 0. The Labute approximate surface area is 152 Å². The lowest BCUT2D eigenvalue weighted by Gasteiger charge is -2.31. The lowest BCUT2D eigenvalue weighted by Crippen LogP contribution is -2.45. The van der Waals surface area contributed by atoms with Gasteiger partial charge in [0.25, 0.3) is 0 Å². The van der Waals surface area contributed by atoms with Crippen molar-refractivity contribution < 1.29 is 14.0 Å². The first-order chi connectivity index (χ1) is 12.5. The van der Waals surface area contributed by atoms with Crippen LogP contribution in [0.4, 0.5) is 21.5 Å². The Kier molecular flexibility index (Phi) is 5.21. The molecule has 0 radical (unpaired) electrons. The molecule has 26 heavy (non-hydrogen) atoms. The second-order valence-corrected chi connectivity index (χ2v) is 6.38. The molecule has 6 heteroatoms. The van der Waals surface area contributed by atoms with Crippen molar-refractivity contribution in [3.8, 4) is 0 Å². The van der Waals surface area contributed by atoms with E-state index in [1.807, 2.05) is 36.9 Å². The number of rotatable bonds is 4. The zero-order valence-corrected chi connectivity index (χ0v) is 14.9. The van der Waals surface area contributed by atoms with Gasteiger partial charge in [-0.15, -0.1) is 0 Å². The molecule has 0 bridgehead atoms. The van der Waals surface area contributed by atoms with Crippen LogP contribution in [-0.4, -0.2) is 30.9 Å². The van der Waals surface area contributed by atoms with Crippen LogP contribution in [0.1, 0.15) is 20.3 Å². The number of nitrogens with one attached hydrogen (secondary N) is 1. The van der Waals surface area contributed by atoms with Crippen LogP contribution in [0.2, 0.25) is 0 Å². The van der Waals surface area contributed by atoms with Gasteiger partial charge >= 0.3 is 0 Å². The number of hydrogen-bond donors (Lipinski definition) is 1. The van der Waals surface area contributed by atoms with Gasteiger partial charge < -0.3 is 15.1 Å². The maximum atomic E-state index is 13.5. The van der Waals surface area contributed by atoms with Crippen LogP contribution in [-0.2, 0) is 9.59 Å². The van der Waals surface area contributed by atoms with Crippen molar-refractivity contribution in [3.05, 3.63) is 54.3 Å². The number of fused-ring (bicyclic) bond motifs is 1. The van der Waals surface area contributed by atoms with Gasteiger partial charge in [-0.25, -0.2) is 4.39 Å². The van der Waals surface area contributed by atoms with Crippen LogP contribution in [0.5, 0.6) is 0 Å². The van der Waals surface area contributed by atoms with Gasteiger partial charge in [-0.1, -0.05) is 18.2 Å². The molecule has 1 atom stereocenters. The Morgan fingerprint density at radius 2 is 2.04 bits per heavy atom. The SMILES string of the molecule is CCN(CC(=O)N1c2ccccc2NC(=O)C[C@@H]1C)c1cccc(F)c1. The van der Waals surface area contributed by atoms with Crippen molar-refractivity contribution in [2.24, 2.45) is 0 Å². The zero-order chi connectivity index (χ0) is 18.7. The van der Waals surface area contributed by atoms with Crippen molar-refractivity contribution in [3.63, 3.8) is 0 Å². The highest BCUT2D eigenvalue weighted by atomic mass is 19.1. The summed E-state index contributed by atoms with van der Waals surface area (Å²) in [6, 6.07) is 13.2. The molecule has 1 N–H and O–H groups in total. The van der Waals surface area contributed by atoms with Gasteiger partial charge in [0.05, 0.1) is 17.9 Å². The summed E-state index contributed by atoms with van der Waals surface area (Å²) < 4.78 is 13.5. The van der Waals surface area contributed by atoms with Crippen molar-refractivity contribution in [2.45, 2.75) is 26.3 Å². The van der Waals surface area contributed by atoms with E-state index in [4.69, 9.17) is 0 Å². The molecule has 1 aliphatic rings. The van der Waals surface area contributed by atoms with Crippen LogP contribution in [0, 0.1) is 5.82 Å². The monoisotopic (exact) mass is 355 g/mol. The van der Waals surface area contributed by atoms with Crippen LogP contribution >= 0.6 is 0 Å². The number of nitrogens with zero attached hydrogens (tertiary/aromatic N) is 2. The molecular weight excluding hydrogens is 333 g/mol. The number of halogens is 1. The summed E-state index contributed by atoms with van der Waals surface area (Å²) in [6.07, 6.45) is 0.229. The zero-order valence-electron chi connectivity index (χ0n) is 14.9. The Balaban J connectivity index is 1.89. The van der Waals surface area contributed by atoms with Gasteiger partial charge in [0.1, 0.15) is 5.82 Å². The fraction of sp³-hybridized carbons (Fsp3) is 0.300. The van der Waals surface area contributed by atoms with Gasteiger partial charge in [-0.2, -0.15) is 0 Å². The quantitative estimate of drug-likeness (QED) is 0.914. The van der Waals surface area contributed by atoms with Crippen LogP contribution in [0.25, 0.3) is 0 Å². The summed E-state index contributed by atoms with van der Waals surface area (Å²) in [6.45, 7) is 4.45. The highest BCUT2D eigenvalue weighted by Crippen LogP contribution is 2.31.